The fourth-order valence-corrected chi connectivity index (χ4v) is 2.37. The van der Waals surface area contributed by atoms with Crippen molar-refractivity contribution in [3.05, 3.63) is 23.8 Å². The van der Waals surface area contributed by atoms with E-state index in [9.17, 15) is 4.79 Å². The van der Waals surface area contributed by atoms with Gasteiger partial charge in [-0.05, 0) is 43.0 Å². The van der Waals surface area contributed by atoms with E-state index in [0.717, 1.165) is 18.0 Å². The molecule has 1 rings (SSSR count). The minimum atomic E-state index is -0.374. The smallest absolute Gasteiger partial charge is 0.340 e. The number of nitrogens with two attached hydrogens (primary N) is 1. The van der Waals surface area contributed by atoms with E-state index < -0.39 is 0 Å². The second-order valence-corrected chi connectivity index (χ2v) is 5.37. The van der Waals surface area contributed by atoms with Gasteiger partial charge in [-0.15, -0.1) is 0 Å². The molecule has 0 aliphatic carbocycles. The van der Waals surface area contributed by atoms with E-state index in [-0.39, 0.29) is 5.97 Å². The van der Waals surface area contributed by atoms with Gasteiger partial charge in [0.1, 0.15) is 0 Å². The number of ether oxygens (including phenoxy) is 1. The van der Waals surface area contributed by atoms with Crippen molar-refractivity contribution >= 4 is 29.1 Å². The average molecular weight is 282 g/mol. The van der Waals surface area contributed by atoms with Gasteiger partial charge in [0.2, 0.25) is 0 Å². The molecule has 0 saturated carbocycles. The summed E-state index contributed by atoms with van der Waals surface area (Å²) in [5, 5.41) is 3.32. The summed E-state index contributed by atoms with van der Waals surface area (Å²) in [5.74, 6) is 1.30. The summed E-state index contributed by atoms with van der Waals surface area (Å²) >= 11 is 1.83. The van der Waals surface area contributed by atoms with E-state index in [4.69, 9.17) is 10.5 Å². The van der Waals surface area contributed by atoms with Crippen molar-refractivity contribution in [2.75, 3.05) is 36.2 Å². The Kier molecular flexibility index (Phi) is 6.56. The minimum Gasteiger partial charge on any atom is -0.462 e. The Hall–Kier alpha value is -1.36. The van der Waals surface area contributed by atoms with Crippen LogP contribution in [-0.2, 0) is 4.74 Å². The molecule has 4 nitrogen and oxygen atoms in total. The number of benzene rings is 1. The zero-order chi connectivity index (χ0) is 14.3. The minimum absolute atomic E-state index is 0.348. The van der Waals surface area contributed by atoms with Gasteiger partial charge in [-0.25, -0.2) is 4.79 Å². The number of nitrogen functional groups attached to an aromatic ring is 1. The van der Waals surface area contributed by atoms with Crippen LogP contribution in [0.1, 0.15) is 24.2 Å². The summed E-state index contributed by atoms with van der Waals surface area (Å²) in [7, 11) is 0. The van der Waals surface area contributed by atoms with Crippen LogP contribution in [0.25, 0.3) is 0 Å². The van der Waals surface area contributed by atoms with Gasteiger partial charge in [-0.2, -0.15) is 11.8 Å². The maximum absolute atomic E-state index is 11.7. The van der Waals surface area contributed by atoms with Gasteiger partial charge in [-0.3, -0.25) is 0 Å². The first-order chi connectivity index (χ1) is 9.08. The van der Waals surface area contributed by atoms with Gasteiger partial charge in [0.05, 0.1) is 12.2 Å². The first kappa shape index (κ1) is 15.7. The van der Waals surface area contributed by atoms with Crippen LogP contribution >= 0.6 is 11.8 Å². The van der Waals surface area contributed by atoms with E-state index >= 15 is 0 Å². The van der Waals surface area contributed by atoms with Gasteiger partial charge in [0.15, 0.2) is 0 Å². The summed E-state index contributed by atoms with van der Waals surface area (Å²) in [5.41, 5.74) is 7.55. The topological polar surface area (TPSA) is 64.3 Å². The molecule has 5 heteroatoms. The highest BCUT2D eigenvalue weighted by Crippen LogP contribution is 2.19. The molecule has 0 spiro atoms. The lowest BCUT2D eigenvalue weighted by Gasteiger charge is -2.13. The summed E-state index contributed by atoms with van der Waals surface area (Å²) in [4.78, 5) is 11.7. The predicted molar refractivity (Wildman–Crippen MR) is 82.8 cm³/mol. The average Bonchev–Trinajstić information content (AvgIpc) is 2.38. The second kappa shape index (κ2) is 7.94. The molecule has 106 valence electrons. The SMILES string of the molecule is CCOC(=O)c1cc(NCC(C)CSC)ccc1N. The van der Waals surface area contributed by atoms with Crippen molar-refractivity contribution in [1.82, 2.24) is 0 Å². The molecular formula is C14H22N2O2S. The highest BCUT2D eigenvalue weighted by molar-refractivity contribution is 7.98. The van der Waals surface area contributed by atoms with Crippen LogP contribution in [0.2, 0.25) is 0 Å². The maximum Gasteiger partial charge on any atom is 0.340 e. The van der Waals surface area contributed by atoms with E-state index in [1.807, 2.05) is 17.8 Å². The van der Waals surface area contributed by atoms with Crippen LogP contribution in [0.3, 0.4) is 0 Å². The summed E-state index contributed by atoms with van der Waals surface area (Å²) < 4.78 is 4.98. The molecule has 1 aromatic carbocycles. The van der Waals surface area contributed by atoms with Gasteiger partial charge < -0.3 is 15.8 Å². The Morgan fingerprint density at radius 1 is 1.53 bits per heavy atom. The standard InChI is InChI=1S/C14H22N2O2S/c1-4-18-14(17)12-7-11(5-6-13(12)15)16-8-10(2)9-19-3/h5-7,10,16H,4,8-9,15H2,1-3H3. The van der Waals surface area contributed by atoms with E-state index in [2.05, 4.69) is 18.5 Å². The fourth-order valence-electron chi connectivity index (χ4n) is 1.69. The Bertz CT molecular complexity index is 424. The number of esters is 1. The van der Waals surface area contributed by atoms with Crippen LogP contribution in [-0.4, -0.2) is 31.1 Å². The Balaban J connectivity index is 2.70. The van der Waals surface area contributed by atoms with Gasteiger partial charge in [0.25, 0.3) is 0 Å². The molecule has 0 aliphatic rings. The number of anilines is 2. The Labute approximate surface area is 119 Å². The molecule has 0 aromatic heterocycles. The van der Waals surface area contributed by atoms with E-state index in [1.165, 1.54) is 0 Å². The predicted octanol–water partition coefficient (Wildman–Crippen LogP) is 2.86. The monoisotopic (exact) mass is 282 g/mol. The van der Waals surface area contributed by atoms with E-state index in [1.54, 1.807) is 19.1 Å². The summed E-state index contributed by atoms with van der Waals surface area (Å²) in [6.07, 6.45) is 2.10. The van der Waals surface area contributed by atoms with Crippen LogP contribution in [0.15, 0.2) is 18.2 Å². The molecule has 19 heavy (non-hydrogen) atoms. The van der Waals surface area contributed by atoms with Crippen LogP contribution < -0.4 is 11.1 Å². The van der Waals surface area contributed by atoms with Crippen molar-refractivity contribution in [2.45, 2.75) is 13.8 Å². The third-order valence-electron chi connectivity index (χ3n) is 2.65. The number of thioether (sulfide) groups is 1. The van der Waals surface area contributed by atoms with Crippen LogP contribution in [0, 0.1) is 5.92 Å². The summed E-state index contributed by atoms with van der Waals surface area (Å²) in [6, 6.07) is 5.36. The first-order valence-corrected chi connectivity index (χ1v) is 7.77. The van der Waals surface area contributed by atoms with Crippen molar-refractivity contribution in [2.24, 2.45) is 5.92 Å². The van der Waals surface area contributed by atoms with Crippen molar-refractivity contribution in [1.29, 1.82) is 0 Å². The Morgan fingerprint density at radius 3 is 2.89 bits per heavy atom. The molecule has 1 atom stereocenters. The molecule has 0 heterocycles. The molecule has 0 saturated heterocycles. The molecule has 3 N–H and O–H groups in total. The molecule has 0 radical (unpaired) electrons. The van der Waals surface area contributed by atoms with Crippen LogP contribution in [0.4, 0.5) is 11.4 Å². The summed E-state index contributed by atoms with van der Waals surface area (Å²) in [6.45, 7) is 5.18. The van der Waals surface area contributed by atoms with Crippen molar-refractivity contribution < 1.29 is 9.53 Å². The quantitative estimate of drug-likeness (QED) is 0.594. The lowest BCUT2D eigenvalue weighted by atomic mass is 10.1. The van der Waals surface area contributed by atoms with Gasteiger partial charge in [-0.1, -0.05) is 6.92 Å². The number of nitrogens with one attached hydrogen (secondary N) is 1. The maximum atomic E-state index is 11.7. The zero-order valence-corrected chi connectivity index (χ0v) is 12.5. The molecule has 1 aromatic rings. The molecule has 0 fully saturated rings. The number of carbonyl (C=O) groups is 1. The van der Waals surface area contributed by atoms with Crippen LogP contribution in [0.5, 0.6) is 0 Å². The zero-order valence-electron chi connectivity index (χ0n) is 11.7. The molecule has 0 bridgehead atoms. The number of carbonyl (C=O) groups excluding carboxylic acids is 1. The molecule has 0 amide bonds. The lowest BCUT2D eigenvalue weighted by molar-refractivity contribution is 0.0527. The molecular weight excluding hydrogens is 260 g/mol. The number of hydrogen-bond donors (Lipinski definition) is 2. The van der Waals surface area contributed by atoms with Gasteiger partial charge >= 0.3 is 5.97 Å². The van der Waals surface area contributed by atoms with Crippen molar-refractivity contribution in [3.8, 4) is 0 Å². The van der Waals surface area contributed by atoms with Gasteiger partial charge in [0, 0.05) is 17.9 Å². The number of hydrogen-bond acceptors (Lipinski definition) is 5. The third kappa shape index (κ3) is 5.03. The highest BCUT2D eigenvalue weighted by Gasteiger charge is 2.11. The largest absolute Gasteiger partial charge is 0.462 e. The highest BCUT2D eigenvalue weighted by atomic mass is 32.2. The lowest BCUT2D eigenvalue weighted by Crippen LogP contribution is -2.14. The third-order valence-corrected chi connectivity index (χ3v) is 3.56. The second-order valence-electron chi connectivity index (χ2n) is 4.46. The fraction of sp³-hybridized carbons (Fsp3) is 0.500. The van der Waals surface area contributed by atoms with E-state index in [0.29, 0.717) is 23.8 Å². The van der Waals surface area contributed by atoms with Crippen molar-refractivity contribution in [3.63, 3.8) is 0 Å². The Morgan fingerprint density at radius 2 is 2.26 bits per heavy atom. The molecule has 1 unspecified atom stereocenters. The first-order valence-electron chi connectivity index (χ1n) is 6.38. The molecule has 0 aliphatic heterocycles. The normalized spacial score (nSPS) is 11.9. The number of rotatable bonds is 7.